The SMILES string of the molecule is CC(C)(C)c1noc(CCC(=O)Nc2ccc(CCN3CCC(C(N)=O)CC3)cc2)n1. The van der Waals surface area contributed by atoms with Crippen LogP contribution in [0.2, 0.25) is 0 Å². The Balaban J connectivity index is 1.39. The lowest BCUT2D eigenvalue weighted by atomic mass is 9.96. The Hall–Kier alpha value is -2.74. The number of carbonyl (C=O) groups excluding carboxylic acids is 2. The van der Waals surface area contributed by atoms with Crippen molar-refractivity contribution in [3.8, 4) is 0 Å². The maximum absolute atomic E-state index is 12.2. The van der Waals surface area contributed by atoms with Crippen LogP contribution in [0.5, 0.6) is 0 Å². The molecule has 0 atom stereocenters. The van der Waals surface area contributed by atoms with Gasteiger partial charge >= 0.3 is 0 Å². The van der Waals surface area contributed by atoms with Gasteiger partial charge in [-0.05, 0) is 50.0 Å². The smallest absolute Gasteiger partial charge is 0.227 e. The summed E-state index contributed by atoms with van der Waals surface area (Å²) >= 11 is 0. The zero-order valence-corrected chi connectivity index (χ0v) is 18.7. The Morgan fingerprint density at radius 3 is 2.42 bits per heavy atom. The van der Waals surface area contributed by atoms with Crippen LogP contribution in [-0.4, -0.2) is 46.5 Å². The largest absolute Gasteiger partial charge is 0.369 e. The van der Waals surface area contributed by atoms with Crippen molar-refractivity contribution in [2.24, 2.45) is 11.7 Å². The number of anilines is 1. The number of hydrogen-bond acceptors (Lipinski definition) is 6. The number of likely N-dealkylation sites (tertiary alicyclic amines) is 1. The van der Waals surface area contributed by atoms with E-state index in [1.54, 1.807) is 0 Å². The van der Waals surface area contributed by atoms with E-state index in [4.69, 9.17) is 10.3 Å². The molecule has 2 aromatic rings. The van der Waals surface area contributed by atoms with Crippen LogP contribution in [0.25, 0.3) is 0 Å². The third-order valence-electron chi connectivity index (χ3n) is 5.65. The summed E-state index contributed by atoms with van der Waals surface area (Å²) in [5.74, 6) is 0.898. The third kappa shape index (κ3) is 6.89. The molecule has 1 aliphatic rings. The molecule has 0 bridgehead atoms. The van der Waals surface area contributed by atoms with Crippen LogP contribution < -0.4 is 11.1 Å². The van der Waals surface area contributed by atoms with Gasteiger partial charge in [0.25, 0.3) is 0 Å². The summed E-state index contributed by atoms with van der Waals surface area (Å²) in [5.41, 5.74) is 7.21. The number of primary amides is 1. The predicted octanol–water partition coefficient (Wildman–Crippen LogP) is 2.68. The van der Waals surface area contributed by atoms with Crippen LogP contribution in [0.3, 0.4) is 0 Å². The molecule has 3 N–H and O–H groups in total. The molecule has 0 unspecified atom stereocenters. The van der Waals surface area contributed by atoms with E-state index < -0.39 is 0 Å². The van der Waals surface area contributed by atoms with E-state index in [0.717, 1.165) is 44.6 Å². The summed E-state index contributed by atoms with van der Waals surface area (Å²) in [5, 5.41) is 6.89. The average molecular weight is 428 g/mol. The standard InChI is InChI=1S/C23H33N5O3/c1-23(2,3)22-26-20(31-27-22)9-8-19(29)25-18-6-4-16(5-7-18)10-13-28-14-11-17(12-15-28)21(24)30/h4-7,17H,8-15H2,1-3H3,(H2,24,30)(H,25,29). The second-order valence-electron chi connectivity index (χ2n) is 9.28. The molecule has 2 heterocycles. The highest BCUT2D eigenvalue weighted by Gasteiger charge is 2.23. The maximum Gasteiger partial charge on any atom is 0.227 e. The molecule has 168 valence electrons. The summed E-state index contributed by atoms with van der Waals surface area (Å²) in [4.78, 5) is 30.2. The highest BCUT2D eigenvalue weighted by molar-refractivity contribution is 5.90. The summed E-state index contributed by atoms with van der Waals surface area (Å²) in [6.07, 6.45) is 3.33. The molecule has 1 aromatic heterocycles. The fraction of sp³-hybridized carbons (Fsp3) is 0.565. The molecule has 1 fully saturated rings. The van der Waals surface area contributed by atoms with Crippen LogP contribution in [0.4, 0.5) is 5.69 Å². The van der Waals surface area contributed by atoms with Crippen LogP contribution in [0.1, 0.15) is 57.3 Å². The molecule has 2 amide bonds. The number of nitrogens with zero attached hydrogens (tertiary/aromatic N) is 3. The fourth-order valence-electron chi connectivity index (χ4n) is 3.59. The Kier molecular flexibility index (Phi) is 7.43. The highest BCUT2D eigenvalue weighted by atomic mass is 16.5. The zero-order valence-electron chi connectivity index (χ0n) is 18.7. The number of piperidine rings is 1. The minimum absolute atomic E-state index is 0.0273. The molecule has 1 saturated heterocycles. The highest BCUT2D eigenvalue weighted by Crippen LogP contribution is 2.19. The van der Waals surface area contributed by atoms with Gasteiger partial charge in [-0.25, -0.2) is 0 Å². The van der Waals surface area contributed by atoms with Gasteiger partial charge in [0.15, 0.2) is 5.82 Å². The number of hydrogen-bond donors (Lipinski definition) is 2. The first-order valence-corrected chi connectivity index (χ1v) is 10.9. The number of benzene rings is 1. The molecule has 8 nitrogen and oxygen atoms in total. The van der Waals surface area contributed by atoms with E-state index >= 15 is 0 Å². The zero-order chi connectivity index (χ0) is 22.4. The molecular weight excluding hydrogens is 394 g/mol. The van der Waals surface area contributed by atoms with Gasteiger partial charge in [-0.15, -0.1) is 0 Å². The maximum atomic E-state index is 12.2. The monoisotopic (exact) mass is 427 g/mol. The van der Waals surface area contributed by atoms with E-state index in [9.17, 15) is 9.59 Å². The van der Waals surface area contributed by atoms with E-state index in [-0.39, 0.29) is 29.6 Å². The average Bonchev–Trinajstić information content (AvgIpc) is 3.22. The topological polar surface area (TPSA) is 114 Å². The van der Waals surface area contributed by atoms with Gasteiger partial charge in [0.1, 0.15) is 0 Å². The summed E-state index contributed by atoms with van der Waals surface area (Å²) in [6, 6.07) is 7.94. The number of carbonyl (C=O) groups is 2. The van der Waals surface area contributed by atoms with Crippen molar-refractivity contribution < 1.29 is 14.1 Å². The third-order valence-corrected chi connectivity index (χ3v) is 5.65. The lowest BCUT2D eigenvalue weighted by molar-refractivity contribution is -0.123. The Morgan fingerprint density at radius 2 is 1.84 bits per heavy atom. The van der Waals surface area contributed by atoms with E-state index in [1.807, 2.05) is 45.0 Å². The van der Waals surface area contributed by atoms with E-state index in [0.29, 0.717) is 18.1 Å². The fourth-order valence-corrected chi connectivity index (χ4v) is 3.59. The summed E-state index contributed by atoms with van der Waals surface area (Å²) in [6.45, 7) is 8.84. The molecule has 1 aromatic carbocycles. The molecule has 1 aliphatic heterocycles. The summed E-state index contributed by atoms with van der Waals surface area (Å²) < 4.78 is 5.23. The molecule has 31 heavy (non-hydrogen) atoms. The first-order chi connectivity index (χ1) is 14.7. The van der Waals surface area contributed by atoms with Gasteiger partial charge in [-0.3, -0.25) is 9.59 Å². The van der Waals surface area contributed by atoms with Gasteiger partial charge in [-0.1, -0.05) is 38.1 Å². The quantitative estimate of drug-likeness (QED) is 0.669. The number of rotatable bonds is 8. The Morgan fingerprint density at radius 1 is 1.16 bits per heavy atom. The van der Waals surface area contributed by atoms with Crippen LogP contribution in [0, 0.1) is 5.92 Å². The van der Waals surface area contributed by atoms with Crippen molar-refractivity contribution in [2.45, 2.75) is 58.3 Å². The minimum Gasteiger partial charge on any atom is -0.369 e. The Labute approximate surface area is 183 Å². The first-order valence-electron chi connectivity index (χ1n) is 10.9. The van der Waals surface area contributed by atoms with E-state index in [1.165, 1.54) is 5.56 Å². The van der Waals surface area contributed by atoms with Crippen LogP contribution >= 0.6 is 0 Å². The van der Waals surface area contributed by atoms with Crippen LogP contribution in [0.15, 0.2) is 28.8 Å². The van der Waals surface area contributed by atoms with Gasteiger partial charge in [0.2, 0.25) is 17.7 Å². The molecule has 8 heteroatoms. The number of amides is 2. The molecule has 0 saturated carbocycles. The van der Waals surface area contributed by atoms with Crippen LogP contribution in [-0.2, 0) is 27.8 Å². The molecule has 3 rings (SSSR count). The molecule has 0 radical (unpaired) electrons. The normalized spacial score (nSPS) is 15.7. The summed E-state index contributed by atoms with van der Waals surface area (Å²) in [7, 11) is 0. The first kappa shape index (κ1) is 22.9. The second-order valence-corrected chi connectivity index (χ2v) is 9.28. The number of nitrogens with two attached hydrogens (primary N) is 1. The van der Waals surface area contributed by atoms with E-state index in [2.05, 4.69) is 20.4 Å². The predicted molar refractivity (Wildman–Crippen MR) is 118 cm³/mol. The molecular formula is C23H33N5O3. The van der Waals surface area contributed by atoms with Crippen molar-refractivity contribution in [3.05, 3.63) is 41.5 Å². The lowest BCUT2D eigenvalue weighted by Gasteiger charge is -2.30. The molecule has 0 spiro atoms. The minimum atomic E-state index is -0.177. The van der Waals surface area contributed by atoms with Gasteiger partial charge < -0.3 is 20.5 Å². The molecule has 0 aliphatic carbocycles. The number of nitrogens with one attached hydrogen (secondary N) is 1. The van der Waals surface area contributed by atoms with Crippen molar-refractivity contribution in [1.29, 1.82) is 0 Å². The van der Waals surface area contributed by atoms with Crippen molar-refractivity contribution in [3.63, 3.8) is 0 Å². The van der Waals surface area contributed by atoms with Gasteiger partial charge in [-0.2, -0.15) is 4.98 Å². The van der Waals surface area contributed by atoms with Crippen molar-refractivity contribution in [2.75, 3.05) is 25.0 Å². The van der Waals surface area contributed by atoms with Crippen molar-refractivity contribution >= 4 is 17.5 Å². The van der Waals surface area contributed by atoms with Gasteiger partial charge in [0, 0.05) is 36.4 Å². The van der Waals surface area contributed by atoms with Crippen molar-refractivity contribution in [1.82, 2.24) is 15.0 Å². The Bertz CT molecular complexity index is 877. The lowest BCUT2D eigenvalue weighted by Crippen LogP contribution is -2.39. The van der Waals surface area contributed by atoms with Gasteiger partial charge in [0.05, 0.1) is 0 Å². The number of aromatic nitrogens is 2. The second kappa shape index (κ2) is 10.0. The number of aryl methyl sites for hydroxylation is 1.